The number of carbonyl (C=O) groups excluding carboxylic acids is 1. The van der Waals surface area contributed by atoms with Crippen molar-refractivity contribution in [3.05, 3.63) is 33.9 Å². The number of rotatable bonds is 5. The zero-order valence-electron chi connectivity index (χ0n) is 11.4. The fourth-order valence-electron chi connectivity index (χ4n) is 1.66. The minimum atomic E-state index is -0.631. The van der Waals surface area contributed by atoms with Gasteiger partial charge in [-0.25, -0.2) is 4.79 Å². The van der Waals surface area contributed by atoms with Crippen LogP contribution in [-0.2, 0) is 9.53 Å². The second kappa shape index (κ2) is 6.52. The molecule has 1 rings (SSSR count). The molecule has 0 aliphatic rings. The fourth-order valence-corrected chi connectivity index (χ4v) is 1.66. The van der Waals surface area contributed by atoms with E-state index in [9.17, 15) is 14.9 Å². The Balaban J connectivity index is 3.11. The van der Waals surface area contributed by atoms with Crippen LogP contribution in [0, 0.1) is 27.4 Å². The lowest BCUT2D eigenvalue weighted by molar-refractivity contribution is -0.384. The third kappa shape index (κ3) is 3.45. The number of nitriles is 1. The number of methoxy groups -OCH3 is 1. The normalized spacial score (nSPS) is 11.6. The molecule has 0 aliphatic heterocycles. The Kier molecular flexibility index (Phi) is 5.03. The first-order valence-electron chi connectivity index (χ1n) is 5.93. The largest absolute Gasteiger partial charge is 0.467 e. The van der Waals surface area contributed by atoms with Crippen LogP contribution in [-0.4, -0.2) is 24.0 Å². The van der Waals surface area contributed by atoms with Crippen LogP contribution >= 0.6 is 0 Å². The number of hydrogen-bond donors (Lipinski definition) is 1. The summed E-state index contributed by atoms with van der Waals surface area (Å²) in [5.74, 6) is -0.522. The van der Waals surface area contributed by atoms with Crippen LogP contribution in [0.2, 0.25) is 0 Å². The maximum absolute atomic E-state index is 11.7. The van der Waals surface area contributed by atoms with Crippen molar-refractivity contribution >= 4 is 17.3 Å². The highest BCUT2D eigenvalue weighted by molar-refractivity contribution is 5.80. The maximum atomic E-state index is 11.7. The molecule has 0 saturated carbocycles. The van der Waals surface area contributed by atoms with Crippen molar-refractivity contribution in [2.45, 2.75) is 19.9 Å². The van der Waals surface area contributed by atoms with Gasteiger partial charge in [-0.2, -0.15) is 5.26 Å². The highest BCUT2D eigenvalue weighted by atomic mass is 16.6. The van der Waals surface area contributed by atoms with Gasteiger partial charge in [0.15, 0.2) is 0 Å². The molecule has 1 atom stereocenters. The summed E-state index contributed by atoms with van der Waals surface area (Å²) in [5.41, 5.74) is 0.294. The number of benzene rings is 1. The average Bonchev–Trinajstić information content (AvgIpc) is 2.43. The van der Waals surface area contributed by atoms with Gasteiger partial charge in [0.1, 0.15) is 12.1 Å². The highest BCUT2D eigenvalue weighted by Gasteiger charge is 2.24. The van der Waals surface area contributed by atoms with Gasteiger partial charge in [0.05, 0.1) is 23.3 Å². The summed E-state index contributed by atoms with van der Waals surface area (Å²) in [6.45, 7) is 3.65. The number of anilines is 1. The molecule has 0 amide bonds. The van der Waals surface area contributed by atoms with Crippen molar-refractivity contribution in [3.8, 4) is 6.07 Å². The Bertz CT molecular complexity index is 563. The molecule has 1 unspecified atom stereocenters. The van der Waals surface area contributed by atoms with Crippen LogP contribution in [0.1, 0.15) is 19.4 Å². The lowest BCUT2D eigenvalue weighted by Gasteiger charge is -2.21. The fraction of sp³-hybridized carbons (Fsp3) is 0.385. The summed E-state index contributed by atoms with van der Waals surface area (Å²) in [7, 11) is 1.28. The molecule has 0 aliphatic carbocycles. The van der Waals surface area contributed by atoms with Gasteiger partial charge in [-0.1, -0.05) is 13.8 Å². The number of ether oxygens (including phenoxy) is 1. The molecule has 0 radical (unpaired) electrons. The number of nitro benzene ring substituents is 1. The van der Waals surface area contributed by atoms with Crippen molar-refractivity contribution in [1.29, 1.82) is 5.26 Å². The molecule has 0 spiro atoms. The van der Waals surface area contributed by atoms with Crippen LogP contribution < -0.4 is 5.32 Å². The molecule has 0 saturated heterocycles. The molecule has 0 bridgehead atoms. The van der Waals surface area contributed by atoms with E-state index in [0.29, 0.717) is 5.69 Å². The SMILES string of the molecule is COC(=O)C(Nc1ccc([N+](=O)[O-])cc1C#N)C(C)C. The number of hydrogen-bond acceptors (Lipinski definition) is 6. The van der Waals surface area contributed by atoms with E-state index in [4.69, 9.17) is 5.26 Å². The van der Waals surface area contributed by atoms with Gasteiger partial charge in [0, 0.05) is 12.1 Å². The molecule has 106 valence electrons. The minimum absolute atomic E-state index is 0.0656. The van der Waals surface area contributed by atoms with E-state index in [2.05, 4.69) is 10.1 Å². The molecule has 20 heavy (non-hydrogen) atoms. The predicted octanol–water partition coefficient (Wildman–Crippen LogP) is 2.08. The molecule has 1 aromatic carbocycles. The molecule has 0 fully saturated rings. The van der Waals surface area contributed by atoms with Gasteiger partial charge < -0.3 is 10.1 Å². The first-order chi connectivity index (χ1) is 9.40. The number of carbonyl (C=O) groups is 1. The second-order valence-corrected chi connectivity index (χ2v) is 4.49. The molecular formula is C13H15N3O4. The standard InChI is InChI=1S/C13H15N3O4/c1-8(2)12(13(17)20-3)15-11-5-4-10(16(18)19)6-9(11)7-14/h4-6,8,12,15H,1-3H3. The third-order valence-electron chi connectivity index (χ3n) is 2.77. The van der Waals surface area contributed by atoms with Gasteiger partial charge in [0.2, 0.25) is 0 Å². The van der Waals surface area contributed by atoms with E-state index in [1.807, 2.05) is 19.9 Å². The Morgan fingerprint density at radius 2 is 2.15 bits per heavy atom. The van der Waals surface area contributed by atoms with E-state index >= 15 is 0 Å². The summed E-state index contributed by atoms with van der Waals surface area (Å²) in [5, 5.41) is 22.6. The first-order valence-corrected chi connectivity index (χ1v) is 5.93. The van der Waals surface area contributed by atoms with Gasteiger partial charge in [0.25, 0.3) is 5.69 Å². The molecule has 7 nitrogen and oxygen atoms in total. The molecule has 7 heteroatoms. The Morgan fingerprint density at radius 3 is 2.60 bits per heavy atom. The topological polar surface area (TPSA) is 105 Å². The van der Waals surface area contributed by atoms with E-state index in [-0.39, 0.29) is 17.2 Å². The van der Waals surface area contributed by atoms with Crippen molar-refractivity contribution in [3.63, 3.8) is 0 Å². The summed E-state index contributed by atoms with van der Waals surface area (Å²) < 4.78 is 4.69. The van der Waals surface area contributed by atoms with Crippen molar-refractivity contribution < 1.29 is 14.5 Å². The number of nitrogens with zero attached hydrogens (tertiary/aromatic N) is 2. The molecule has 1 aromatic rings. The van der Waals surface area contributed by atoms with Crippen molar-refractivity contribution in [2.24, 2.45) is 5.92 Å². The zero-order valence-corrected chi connectivity index (χ0v) is 11.4. The number of non-ortho nitro benzene ring substituents is 1. The Morgan fingerprint density at radius 1 is 1.50 bits per heavy atom. The minimum Gasteiger partial charge on any atom is -0.467 e. The van der Waals surface area contributed by atoms with Crippen LogP contribution in [0.4, 0.5) is 11.4 Å². The lowest BCUT2D eigenvalue weighted by atomic mass is 10.0. The van der Waals surface area contributed by atoms with Crippen LogP contribution in [0.25, 0.3) is 0 Å². The predicted molar refractivity (Wildman–Crippen MR) is 72.1 cm³/mol. The Labute approximate surface area is 116 Å². The van der Waals surface area contributed by atoms with E-state index in [0.717, 1.165) is 6.07 Å². The van der Waals surface area contributed by atoms with Crippen molar-refractivity contribution in [2.75, 3.05) is 12.4 Å². The third-order valence-corrected chi connectivity index (χ3v) is 2.77. The smallest absolute Gasteiger partial charge is 0.328 e. The summed E-state index contributed by atoms with van der Waals surface area (Å²) in [6.07, 6.45) is 0. The molecule has 0 heterocycles. The number of nitro groups is 1. The zero-order chi connectivity index (χ0) is 15.3. The van der Waals surface area contributed by atoms with Gasteiger partial charge in [-0.15, -0.1) is 0 Å². The van der Waals surface area contributed by atoms with E-state index in [1.54, 1.807) is 0 Å². The van der Waals surface area contributed by atoms with E-state index in [1.165, 1.54) is 19.2 Å². The maximum Gasteiger partial charge on any atom is 0.328 e. The highest BCUT2D eigenvalue weighted by Crippen LogP contribution is 2.23. The van der Waals surface area contributed by atoms with Gasteiger partial charge in [-0.05, 0) is 12.0 Å². The number of nitrogens with one attached hydrogen (secondary N) is 1. The van der Waals surface area contributed by atoms with E-state index < -0.39 is 16.9 Å². The quantitative estimate of drug-likeness (QED) is 0.501. The second-order valence-electron chi connectivity index (χ2n) is 4.49. The van der Waals surface area contributed by atoms with Crippen LogP contribution in [0.5, 0.6) is 0 Å². The summed E-state index contributed by atoms with van der Waals surface area (Å²) in [6, 6.07) is 5.09. The summed E-state index contributed by atoms with van der Waals surface area (Å²) in [4.78, 5) is 21.7. The average molecular weight is 277 g/mol. The van der Waals surface area contributed by atoms with Gasteiger partial charge >= 0.3 is 5.97 Å². The van der Waals surface area contributed by atoms with Crippen LogP contribution in [0.3, 0.4) is 0 Å². The Hall–Kier alpha value is -2.62. The molecular weight excluding hydrogens is 262 g/mol. The van der Waals surface area contributed by atoms with Crippen LogP contribution in [0.15, 0.2) is 18.2 Å². The lowest BCUT2D eigenvalue weighted by Crippen LogP contribution is -2.35. The summed E-state index contributed by atoms with van der Waals surface area (Å²) >= 11 is 0. The van der Waals surface area contributed by atoms with Gasteiger partial charge in [-0.3, -0.25) is 10.1 Å². The number of esters is 1. The molecule has 1 N–H and O–H groups in total. The molecule has 0 aromatic heterocycles. The monoisotopic (exact) mass is 277 g/mol. The first kappa shape index (κ1) is 15.4. The van der Waals surface area contributed by atoms with Crippen molar-refractivity contribution in [1.82, 2.24) is 0 Å².